The van der Waals surface area contributed by atoms with E-state index in [1.165, 1.54) is 10.9 Å². The first-order chi connectivity index (χ1) is 13.2. The first-order valence-electron chi connectivity index (χ1n) is 9.40. The van der Waals surface area contributed by atoms with Crippen molar-refractivity contribution in [2.75, 3.05) is 32.1 Å². The zero-order valence-electron chi connectivity index (χ0n) is 16.8. The van der Waals surface area contributed by atoms with Crippen LogP contribution in [0.5, 0.6) is 0 Å². The highest BCUT2D eigenvalue weighted by atomic mass is 16.2. The maximum absolute atomic E-state index is 13.2. The molecular formula is C19H26N6O3. The third-order valence-electron chi connectivity index (χ3n) is 5.36. The number of ketones is 1. The third-order valence-corrected chi connectivity index (χ3v) is 5.36. The van der Waals surface area contributed by atoms with E-state index in [0.29, 0.717) is 36.4 Å². The summed E-state index contributed by atoms with van der Waals surface area (Å²) < 4.78 is 1.49. The first kappa shape index (κ1) is 20.1. The smallest absolute Gasteiger partial charge is 0.250 e. The van der Waals surface area contributed by atoms with Gasteiger partial charge in [-0.15, -0.1) is 0 Å². The van der Waals surface area contributed by atoms with Crippen LogP contribution in [0.1, 0.15) is 37.9 Å². The number of aldehydes is 1. The third kappa shape index (κ3) is 3.80. The molecule has 3 rings (SSSR count). The molecule has 1 saturated heterocycles. The van der Waals surface area contributed by atoms with Gasteiger partial charge in [-0.2, -0.15) is 4.98 Å². The van der Waals surface area contributed by atoms with Gasteiger partial charge in [-0.25, -0.2) is 9.97 Å². The fourth-order valence-electron chi connectivity index (χ4n) is 3.42. The summed E-state index contributed by atoms with van der Waals surface area (Å²) in [5, 5.41) is 0. The molecule has 0 bridgehead atoms. The van der Waals surface area contributed by atoms with E-state index in [9.17, 15) is 14.4 Å². The summed E-state index contributed by atoms with van der Waals surface area (Å²) in [6, 6.07) is -0.294. The normalized spacial score (nSPS) is 17.8. The number of carbonyl (C=O) groups excluding carboxylic acids is 3. The van der Waals surface area contributed by atoms with Gasteiger partial charge < -0.3 is 4.90 Å². The number of aromatic nitrogens is 4. The van der Waals surface area contributed by atoms with Crippen LogP contribution < -0.4 is 4.90 Å². The zero-order valence-corrected chi connectivity index (χ0v) is 16.8. The summed E-state index contributed by atoms with van der Waals surface area (Å²) in [7, 11) is 3.68. The Morgan fingerprint density at radius 2 is 2.07 bits per heavy atom. The summed E-state index contributed by atoms with van der Waals surface area (Å²) in [6.07, 6.45) is 5.66. The van der Waals surface area contributed by atoms with Crippen LogP contribution in [0, 0.1) is 5.41 Å². The van der Waals surface area contributed by atoms with Crippen molar-refractivity contribution in [1.29, 1.82) is 0 Å². The van der Waals surface area contributed by atoms with Crippen LogP contribution in [0.25, 0.3) is 11.2 Å². The summed E-state index contributed by atoms with van der Waals surface area (Å²) >= 11 is 0. The SMILES string of the molecule is CN(C)c1ncc2ncn(C(=O)C3CCCN3CCC(C)(C)C(=O)C=O)c2n1. The van der Waals surface area contributed by atoms with E-state index >= 15 is 0 Å². The Balaban J connectivity index is 1.80. The standard InChI is InChI=1S/C19H26N6O3/c1-19(2,15(27)11-26)7-9-24-8-5-6-14(24)17(28)25-12-21-13-10-20-18(23(3)4)22-16(13)25/h10-12,14H,5-9H2,1-4H3. The Morgan fingerprint density at radius 1 is 1.32 bits per heavy atom. The maximum atomic E-state index is 13.2. The molecule has 0 amide bonds. The quantitative estimate of drug-likeness (QED) is 0.516. The number of hydrogen-bond acceptors (Lipinski definition) is 8. The molecule has 0 aliphatic carbocycles. The molecule has 2 aromatic rings. The minimum atomic E-state index is -0.729. The van der Waals surface area contributed by atoms with Gasteiger partial charge in [0.05, 0.1) is 12.2 Å². The molecule has 1 unspecified atom stereocenters. The first-order valence-corrected chi connectivity index (χ1v) is 9.40. The lowest BCUT2D eigenvalue weighted by Gasteiger charge is -2.27. The summed E-state index contributed by atoms with van der Waals surface area (Å²) in [6.45, 7) is 4.89. The molecule has 0 spiro atoms. The number of rotatable bonds is 7. The Labute approximate surface area is 163 Å². The van der Waals surface area contributed by atoms with Crippen molar-refractivity contribution in [3.05, 3.63) is 12.5 Å². The van der Waals surface area contributed by atoms with E-state index in [1.807, 2.05) is 14.1 Å². The van der Waals surface area contributed by atoms with Crippen LogP contribution in [-0.4, -0.2) is 75.6 Å². The van der Waals surface area contributed by atoms with E-state index in [1.54, 1.807) is 24.9 Å². The van der Waals surface area contributed by atoms with Gasteiger partial charge >= 0.3 is 0 Å². The lowest BCUT2D eigenvalue weighted by Crippen LogP contribution is -2.41. The van der Waals surface area contributed by atoms with E-state index in [4.69, 9.17) is 0 Å². The van der Waals surface area contributed by atoms with Crippen molar-refractivity contribution in [3.8, 4) is 0 Å². The summed E-state index contributed by atoms with van der Waals surface area (Å²) in [5.41, 5.74) is 0.334. The molecule has 3 heterocycles. The Kier molecular flexibility index (Phi) is 5.55. The van der Waals surface area contributed by atoms with Gasteiger partial charge in [-0.1, -0.05) is 13.8 Å². The number of Topliss-reactive ketones (excluding diaryl/α,β-unsaturated/α-hetero) is 1. The molecule has 0 aromatic carbocycles. The maximum Gasteiger partial charge on any atom is 0.250 e. The second-order valence-electron chi connectivity index (χ2n) is 8.04. The number of nitrogens with zero attached hydrogens (tertiary/aromatic N) is 6. The number of imidazole rings is 1. The second kappa shape index (κ2) is 7.75. The van der Waals surface area contributed by atoms with Crippen LogP contribution in [0.2, 0.25) is 0 Å². The minimum absolute atomic E-state index is 0.0806. The highest BCUT2D eigenvalue weighted by Gasteiger charge is 2.35. The van der Waals surface area contributed by atoms with Crippen molar-refractivity contribution < 1.29 is 14.4 Å². The van der Waals surface area contributed by atoms with E-state index in [-0.39, 0.29) is 11.9 Å². The highest BCUT2D eigenvalue weighted by molar-refractivity contribution is 6.27. The molecule has 1 atom stereocenters. The number of fused-ring (bicyclic) bond motifs is 1. The highest BCUT2D eigenvalue weighted by Crippen LogP contribution is 2.26. The van der Waals surface area contributed by atoms with Crippen molar-refractivity contribution >= 4 is 35.1 Å². The molecular weight excluding hydrogens is 360 g/mol. The largest absolute Gasteiger partial charge is 0.347 e. The molecule has 9 heteroatoms. The Hall–Kier alpha value is -2.68. The average Bonchev–Trinajstić information content (AvgIpc) is 3.31. The van der Waals surface area contributed by atoms with Gasteiger partial charge in [-0.3, -0.25) is 23.9 Å². The van der Waals surface area contributed by atoms with Crippen LogP contribution >= 0.6 is 0 Å². The van der Waals surface area contributed by atoms with Crippen molar-refractivity contribution in [2.45, 2.75) is 39.2 Å². The van der Waals surface area contributed by atoms with E-state index < -0.39 is 11.2 Å². The Morgan fingerprint density at radius 3 is 2.75 bits per heavy atom. The number of hydrogen-bond donors (Lipinski definition) is 0. The molecule has 1 fully saturated rings. The molecule has 1 aliphatic heterocycles. The second-order valence-corrected chi connectivity index (χ2v) is 8.04. The molecule has 0 saturated carbocycles. The van der Waals surface area contributed by atoms with Crippen molar-refractivity contribution in [2.24, 2.45) is 5.41 Å². The topological polar surface area (TPSA) is 101 Å². The molecule has 9 nitrogen and oxygen atoms in total. The molecule has 2 aromatic heterocycles. The fraction of sp³-hybridized carbons (Fsp3) is 0.579. The number of anilines is 1. The fourth-order valence-corrected chi connectivity index (χ4v) is 3.42. The lowest BCUT2D eigenvalue weighted by atomic mass is 9.85. The van der Waals surface area contributed by atoms with Gasteiger partial charge in [0, 0.05) is 19.5 Å². The van der Waals surface area contributed by atoms with E-state index in [0.717, 1.165) is 19.4 Å². The van der Waals surface area contributed by atoms with E-state index in [2.05, 4.69) is 19.9 Å². The number of likely N-dealkylation sites (tertiary alicyclic amines) is 1. The van der Waals surface area contributed by atoms with Gasteiger partial charge in [0.1, 0.15) is 11.8 Å². The average molecular weight is 386 g/mol. The van der Waals surface area contributed by atoms with Gasteiger partial charge in [0.2, 0.25) is 11.7 Å². The van der Waals surface area contributed by atoms with Gasteiger partial charge in [0.25, 0.3) is 5.91 Å². The van der Waals surface area contributed by atoms with Gasteiger partial charge in [-0.05, 0) is 32.4 Å². The Bertz CT molecular complexity index is 904. The van der Waals surface area contributed by atoms with Crippen molar-refractivity contribution in [3.63, 3.8) is 0 Å². The number of carbonyl (C=O) groups is 3. The van der Waals surface area contributed by atoms with Crippen LogP contribution in [0.3, 0.4) is 0 Å². The monoisotopic (exact) mass is 386 g/mol. The van der Waals surface area contributed by atoms with Gasteiger partial charge in [0.15, 0.2) is 11.9 Å². The predicted molar refractivity (Wildman–Crippen MR) is 104 cm³/mol. The van der Waals surface area contributed by atoms with Crippen LogP contribution in [-0.2, 0) is 9.59 Å². The zero-order chi connectivity index (χ0) is 20.5. The van der Waals surface area contributed by atoms with Crippen LogP contribution in [0.4, 0.5) is 5.95 Å². The molecule has 0 N–H and O–H groups in total. The molecule has 150 valence electrons. The summed E-state index contributed by atoms with van der Waals surface area (Å²) in [4.78, 5) is 52.6. The lowest BCUT2D eigenvalue weighted by molar-refractivity contribution is -0.136. The predicted octanol–water partition coefficient (Wildman–Crippen LogP) is 1.18. The molecule has 28 heavy (non-hydrogen) atoms. The molecule has 0 radical (unpaired) electrons. The summed E-state index contributed by atoms with van der Waals surface area (Å²) in [5.74, 6) is 0.0190. The molecule has 1 aliphatic rings. The minimum Gasteiger partial charge on any atom is -0.347 e. The van der Waals surface area contributed by atoms with Crippen LogP contribution in [0.15, 0.2) is 12.5 Å². The van der Waals surface area contributed by atoms with Crippen molar-refractivity contribution in [1.82, 2.24) is 24.4 Å².